The molecule has 1 aromatic carbocycles. The van der Waals surface area contributed by atoms with E-state index in [1.54, 1.807) is 6.33 Å². The van der Waals surface area contributed by atoms with E-state index in [9.17, 15) is 0 Å². The SMILES string of the molecule is Cc1ncnc(C)c1-c1ccc(OC(C)(C)C)c(C)c1C. The van der Waals surface area contributed by atoms with E-state index in [0.29, 0.717) is 0 Å². The number of nitrogens with zero attached hydrogens (tertiary/aromatic N) is 2. The molecule has 0 N–H and O–H groups in total. The normalized spacial score (nSPS) is 11.6. The fraction of sp³-hybridized carbons (Fsp3) is 0.444. The Morgan fingerprint density at radius 2 is 1.43 bits per heavy atom. The van der Waals surface area contributed by atoms with Crippen LogP contribution < -0.4 is 4.74 Å². The lowest BCUT2D eigenvalue weighted by molar-refractivity contribution is 0.130. The van der Waals surface area contributed by atoms with Gasteiger partial charge in [0.2, 0.25) is 0 Å². The Morgan fingerprint density at radius 1 is 0.857 bits per heavy atom. The van der Waals surface area contributed by atoms with Crippen LogP contribution in [-0.4, -0.2) is 15.6 Å². The average molecular weight is 284 g/mol. The maximum Gasteiger partial charge on any atom is 0.123 e. The highest BCUT2D eigenvalue weighted by molar-refractivity contribution is 5.73. The molecule has 112 valence electrons. The van der Waals surface area contributed by atoms with E-state index in [4.69, 9.17) is 4.74 Å². The molecule has 0 radical (unpaired) electrons. The summed E-state index contributed by atoms with van der Waals surface area (Å²) in [5.74, 6) is 0.941. The maximum atomic E-state index is 6.03. The van der Waals surface area contributed by atoms with Crippen LogP contribution in [0.25, 0.3) is 11.1 Å². The van der Waals surface area contributed by atoms with Gasteiger partial charge < -0.3 is 4.74 Å². The zero-order valence-corrected chi connectivity index (χ0v) is 14.0. The Labute approximate surface area is 127 Å². The average Bonchev–Trinajstić information content (AvgIpc) is 2.36. The molecule has 0 aliphatic heterocycles. The van der Waals surface area contributed by atoms with Crippen LogP contribution >= 0.6 is 0 Å². The van der Waals surface area contributed by atoms with Crippen molar-refractivity contribution >= 4 is 0 Å². The smallest absolute Gasteiger partial charge is 0.123 e. The lowest BCUT2D eigenvalue weighted by atomic mass is 9.94. The highest BCUT2D eigenvalue weighted by Crippen LogP contribution is 2.34. The fourth-order valence-corrected chi connectivity index (χ4v) is 2.49. The molecule has 0 fully saturated rings. The summed E-state index contributed by atoms with van der Waals surface area (Å²) in [6.07, 6.45) is 1.62. The summed E-state index contributed by atoms with van der Waals surface area (Å²) in [6, 6.07) is 4.16. The summed E-state index contributed by atoms with van der Waals surface area (Å²) in [5, 5.41) is 0. The van der Waals surface area contributed by atoms with Crippen LogP contribution in [0.2, 0.25) is 0 Å². The quantitative estimate of drug-likeness (QED) is 0.811. The van der Waals surface area contributed by atoms with Crippen molar-refractivity contribution in [2.45, 2.75) is 54.1 Å². The van der Waals surface area contributed by atoms with E-state index in [2.05, 4.69) is 56.7 Å². The molecule has 0 atom stereocenters. The van der Waals surface area contributed by atoms with E-state index in [1.165, 1.54) is 16.7 Å². The van der Waals surface area contributed by atoms with E-state index in [1.807, 2.05) is 13.8 Å². The van der Waals surface area contributed by atoms with Crippen LogP contribution in [0.1, 0.15) is 43.3 Å². The molecule has 0 saturated carbocycles. The summed E-state index contributed by atoms with van der Waals surface area (Å²) in [6.45, 7) is 14.5. The van der Waals surface area contributed by atoms with Gasteiger partial charge in [0.05, 0.1) is 0 Å². The van der Waals surface area contributed by atoms with Crippen molar-refractivity contribution in [1.29, 1.82) is 0 Å². The van der Waals surface area contributed by atoms with Crippen molar-refractivity contribution in [3.8, 4) is 16.9 Å². The molecule has 21 heavy (non-hydrogen) atoms. The Morgan fingerprint density at radius 3 is 1.95 bits per heavy atom. The zero-order chi connectivity index (χ0) is 15.8. The van der Waals surface area contributed by atoms with E-state index in [0.717, 1.165) is 22.7 Å². The first-order valence-corrected chi connectivity index (χ1v) is 7.28. The first-order valence-electron chi connectivity index (χ1n) is 7.28. The summed E-state index contributed by atoms with van der Waals surface area (Å²) in [7, 11) is 0. The van der Waals surface area contributed by atoms with Gasteiger partial charge in [0.1, 0.15) is 17.7 Å². The van der Waals surface area contributed by atoms with Crippen LogP contribution in [0.4, 0.5) is 0 Å². The molecule has 0 aliphatic rings. The molecule has 3 heteroatoms. The standard InChI is InChI=1S/C18H24N2O/c1-11-12(2)16(21-18(5,6)7)9-8-15(11)17-13(3)19-10-20-14(17)4/h8-10H,1-7H3. The van der Waals surface area contributed by atoms with Crippen molar-refractivity contribution in [3.05, 3.63) is 41.0 Å². The summed E-state index contributed by atoms with van der Waals surface area (Å²) in [4.78, 5) is 8.65. The maximum absolute atomic E-state index is 6.03. The second kappa shape index (κ2) is 5.47. The van der Waals surface area contributed by atoms with E-state index >= 15 is 0 Å². The number of rotatable bonds is 2. The van der Waals surface area contributed by atoms with Gasteiger partial charge in [-0.3, -0.25) is 0 Å². The van der Waals surface area contributed by atoms with Gasteiger partial charge in [-0.2, -0.15) is 0 Å². The Bertz CT molecular complexity index is 649. The lowest BCUT2D eigenvalue weighted by Gasteiger charge is -2.24. The van der Waals surface area contributed by atoms with Crippen LogP contribution in [0.15, 0.2) is 18.5 Å². The van der Waals surface area contributed by atoms with Gasteiger partial charge in [-0.25, -0.2) is 9.97 Å². The third-order valence-corrected chi connectivity index (χ3v) is 3.65. The molecule has 0 aliphatic carbocycles. The van der Waals surface area contributed by atoms with Gasteiger partial charge in [-0.15, -0.1) is 0 Å². The van der Waals surface area contributed by atoms with E-state index < -0.39 is 0 Å². The molecule has 2 aromatic rings. The molecule has 0 bridgehead atoms. The predicted octanol–water partition coefficient (Wildman–Crippen LogP) is 4.55. The minimum Gasteiger partial charge on any atom is -0.488 e. The topological polar surface area (TPSA) is 35.0 Å². The number of ether oxygens (including phenoxy) is 1. The number of aryl methyl sites for hydroxylation is 2. The van der Waals surface area contributed by atoms with Gasteiger partial charge in [0.15, 0.2) is 0 Å². The number of benzene rings is 1. The van der Waals surface area contributed by atoms with Crippen LogP contribution in [-0.2, 0) is 0 Å². The minimum absolute atomic E-state index is 0.194. The number of hydrogen-bond acceptors (Lipinski definition) is 3. The molecule has 1 heterocycles. The Kier molecular flexibility index (Phi) is 4.04. The number of aromatic nitrogens is 2. The second-order valence-electron chi connectivity index (χ2n) is 6.50. The van der Waals surface area contributed by atoms with E-state index in [-0.39, 0.29) is 5.60 Å². The first kappa shape index (κ1) is 15.5. The zero-order valence-electron chi connectivity index (χ0n) is 14.0. The van der Waals surface area contributed by atoms with Gasteiger partial charge in [0, 0.05) is 17.0 Å². The van der Waals surface area contributed by atoms with Crippen molar-refractivity contribution in [3.63, 3.8) is 0 Å². The monoisotopic (exact) mass is 284 g/mol. The van der Waals surface area contributed by atoms with Gasteiger partial charge >= 0.3 is 0 Å². The molecule has 0 amide bonds. The van der Waals surface area contributed by atoms with Gasteiger partial charge in [-0.05, 0) is 71.2 Å². The largest absolute Gasteiger partial charge is 0.488 e. The third-order valence-electron chi connectivity index (χ3n) is 3.65. The molecule has 1 aromatic heterocycles. The fourth-order valence-electron chi connectivity index (χ4n) is 2.49. The lowest BCUT2D eigenvalue weighted by Crippen LogP contribution is -2.23. The van der Waals surface area contributed by atoms with Crippen LogP contribution in [0.5, 0.6) is 5.75 Å². The van der Waals surface area contributed by atoms with Crippen molar-refractivity contribution < 1.29 is 4.74 Å². The minimum atomic E-state index is -0.194. The molecule has 0 saturated heterocycles. The molecular formula is C18H24N2O. The van der Waals surface area contributed by atoms with Gasteiger partial charge in [0.25, 0.3) is 0 Å². The third kappa shape index (κ3) is 3.23. The number of hydrogen-bond donors (Lipinski definition) is 0. The highest BCUT2D eigenvalue weighted by atomic mass is 16.5. The van der Waals surface area contributed by atoms with Gasteiger partial charge in [-0.1, -0.05) is 6.07 Å². The van der Waals surface area contributed by atoms with Crippen molar-refractivity contribution in [2.24, 2.45) is 0 Å². The molecule has 2 rings (SSSR count). The van der Waals surface area contributed by atoms with Crippen LogP contribution in [0, 0.1) is 27.7 Å². The Hall–Kier alpha value is -1.90. The predicted molar refractivity (Wildman–Crippen MR) is 86.8 cm³/mol. The van der Waals surface area contributed by atoms with Crippen LogP contribution in [0.3, 0.4) is 0 Å². The second-order valence-corrected chi connectivity index (χ2v) is 6.50. The Balaban J connectivity index is 2.56. The summed E-state index contributed by atoms with van der Waals surface area (Å²) >= 11 is 0. The summed E-state index contributed by atoms with van der Waals surface area (Å²) in [5.41, 5.74) is 6.53. The molecule has 0 unspecified atom stereocenters. The van der Waals surface area contributed by atoms with Crippen molar-refractivity contribution in [2.75, 3.05) is 0 Å². The first-order chi connectivity index (χ1) is 9.70. The van der Waals surface area contributed by atoms with Crippen molar-refractivity contribution in [1.82, 2.24) is 9.97 Å². The molecule has 3 nitrogen and oxygen atoms in total. The summed E-state index contributed by atoms with van der Waals surface area (Å²) < 4.78 is 6.03. The highest BCUT2D eigenvalue weighted by Gasteiger charge is 2.17. The molecule has 0 spiro atoms. The molecular weight excluding hydrogens is 260 g/mol.